The van der Waals surface area contributed by atoms with E-state index in [0.29, 0.717) is 0 Å². The maximum absolute atomic E-state index is 5.33. The minimum atomic E-state index is -0.0379. The molecule has 9 aromatic rings. The third-order valence-electron chi connectivity index (χ3n) is 9.85. The Morgan fingerprint density at radius 1 is 0.458 bits per heavy atom. The molecule has 224 valence electrons. The van der Waals surface area contributed by atoms with Crippen molar-refractivity contribution in [3.8, 4) is 39.5 Å². The Bertz CT molecular complexity index is 2600. The van der Waals surface area contributed by atoms with Gasteiger partial charge in [-0.3, -0.25) is 0 Å². The predicted molar refractivity (Wildman–Crippen MR) is 198 cm³/mol. The van der Waals surface area contributed by atoms with E-state index < -0.39 is 0 Å². The third kappa shape index (κ3) is 4.08. The molecule has 0 saturated carbocycles. The molecule has 0 aliphatic heterocycles. The first-order valence-electron chi connectivity index (χ1n) is 16.5. The van der Waals surface area contributed by atoms with Gasteiger partial charge in [0.2, 0.25) is 0 Å². The van der Waals surface area contributed by atoms with Crippen LogP contribution in [-0.2, 0) is 0 Å². The van der Waals surface area contributed by atoms with Gasteiger partial charge in [-0.25, -0.2) is 9.97 Å². The van der Waals surface area contributed by atoms with Crippen LogP contribution in [0.1, 0.15) is 22.7 Å². The molecule has 1 unspecified atom stereocenters. The summed E-state index contributed by atoms with van der Waals surface area (Å²) >= 11 is 0. The summed E-state index contributed by atoms with van der Waals surface area (Å²) in [6, 6.07) is 60.7. The largest absolute Gasteiger partial charge is 0.309 e. The minimum absolute atomic E-state index is 0.0379. The highest BCUT2D eigenvalue weighted by molar-refractivity contribution is 6.19. The van der Waals surface area contributed by atoms with Crippen LogP contribution < -0.4 is 0 Å². The SMILES string of the molecule is c1ccc(-c2cc(C3c4ccccc4-c4cc5c(cc43)c3ccc4ccccc4c3n5-c3ccccc3)nc(-c3ccccc3)n2)cc1. The molecule has 0 amide bonds. The maximum atomic E-state index is 5.33. The molecule has 3 nitrogen and oxygen atoms in total. The van der Waals surface area contributed by atoms with Crippen LogP contribution in [0, 0.1) is 0 Å². The molecule has 2 heterocycles. The second-order valence-corrected chi connectivity index (χ2v) is 12.6. The quantitative estimate of drug-likeness (QED) is 0.198. The van der Waals surface area contributed by atoms with E-state index in [4.69, 9.17) is 9.97 Å². The van der Waals surface area contributed by atoms with Crippen molar-refractivity contribution in [2.45, 2.75) is 5.92 Å². The lowest BCUT2D eigenvalue weighted by Gasteiger charge is -2.16. The van der Waals surface area contributed by atoms with Crippen molar-refractivity contribution < 1.29 is 0 Å². The fourth-order valence-corrected chi connectivity index (χ4v) is 7.72. The Morgan fingerprint density at radius 2 is 1.15 bits per heavy atom. The number of fused-ring (bicyclic) bond motifs is 8. The Hall–Kier alpha value is -6.32. The zero-order valence-electron chi connectivity index (χ0n) is 26.1. The zero-order valence-corrected chi connectivity index (χ0v) is 26.1. The molecule has 0 fully saturated rings. The summed E-state index contributed by atoms with van der Waals surface area (Å²) in [7, 11) is 0. The molecule has 7 aromatic carbocycles. The van der Waals surface area contributed by atoms with E-state index in [-0.39, 0.29) is 5.92 Å². The first-order valence-corrected chi connectivity index (χ1v) is 16.5. The van der Waals surface area contributed by atoms with Crippen molar-refractivity contribution in [1.82, 2.24) is 14.5 Å². The molecule has 10 rings (SSSR count). The summed E-state index contributed by atoms with van der Waals surface area (Å²) in [6.45, 7) is 0. The first-order chi connectivity index (χ1) is 23.8. The molecule has 3 heteroatoms. The van der Waals surface area contributed by atoms with Gasteiger partial charge in [-0.05, 0) is 58.0 Å². The van der Waals surface area contributed by atoms with Crippen molar-refractivity contribution >= 4 is 32.6 Å². The monoisotopic (exact) mass is 611 g/mol. The molecular weight excluding hydrogens is 583 g/mol. The lowest BCUT2D eigenvalue weighted by molar-refractivity contribution is 0.933. The van der Waals surface area contributed by atoms with E-state index in [1.54, 1.807) is 0 Å². The van der Waals surface area contributed by atoms with Gasteiger partial charge in [-0.1, -0.05) is 140 Å². The predicted octanol–water partition coefficient (Wildman–Crippen LogP) is 11.2. The molecule has 2 aromatic heterocycles. The van der Waals surface area contributed by atoms with Crippen LogP contribution in [0.4, 0.5) is 0 Å². The second-order valence-electron chi connectivity index (χ2n) is 12.6. The number of rotatable bonds is 4. The number of para-hydroxylation sites is 1. The van der Waals surface area contributed by atoms with Gasteiger partial charge in [-0.2, -0.15) is 0 Å². The van der Waals surface area contributed by atoms with E-state index in [1.807, 2.05) is 12.1 Å². The summed E-state index contributed by atoms with van der Waals surface area (Å²) < 4.78 is 2.45. The summed E-state index contributed by atoms with van der Waals surface area (Å²) in [4.78, 5) is 10.4. The molecule has 0 bridgehead atoms. The van der Waals surface area contributed by atoms with E-state index >= 15 is 0 Å². The highest BCUT2D eigenvalue weighted by Gasteiger charge is 2.33. The Kier molecular flexibility index (Phi) is 5.94. The summed E-state index contributed by atoms with van der Waals surface area (Å²) in [5.41, 5.74) is 12.7. The molecule has 0 saturated heterocycles. The van der Waals surface area contributed by atoms with Gasteiger partial charge in [-0.15, -0.1) is 0 Å². The van der Waals surface area contributed by atoms with Crippen LogP contribution in [-0.4, -0.2) is 14.5 Å². The number of hydrogen-bond donors (Lipinski definition) is 0. The fraction of sp³-hybridized carbons (Fsp3) is 0.0222. The Balaban J connectivity index is 1.29. The molecule has 0 radical (unpaired) electrons. The number of hydrogen-bond acceptors (Lipinski definition) is 2. The average Bonchev–Trinajstić information content (AvgIpc) is 3.67. The number of benzene rings is 7. The third-order valence-corrected chi connectivity index (χ3v) is 9.85. The van der Waals surface area contributed by atoms with E-state index in [1.165, 1.54) is 54.8 Å². The smallest absolute Gasteiger partial charge is 0.160 e. The average molecular weight is 612 g/mol. The lowest BCUT2D eigenvalue weighted by Crippen LogP contribution is -2.06. The standard InChI is InChI=1S/C45H29N3/c1-4-15-30(16-5-1)40-28-41(47-45(46-40)31-17-6-2-7-18-31)43-35-23-13-12-22-34(35)37-27-42-38(26-39(37)43)36-25-24-29-14-10-11-21-33(29)44(36)48(42)32-19-8-3-9-20-32/h1-28,43H. The van der Waals surface area contributed by atoms with Gasteiger partial charge in [0.05, 0.1) is 28.3 Å². The van der Waals surface area contributed by atoms with Crippen molar-refractivity contribution in [2.24, 2.45) is 0 Å². The first kappa shape index (κ1) is 26.9. The van der Waals surface area contributed by atoms with Gasteiger partial charge >= 0.3 is 0 Å². The Labute approximate surface area is 278 Å². The summed E-state index contributed by atoms with van der Waals surface area (Å²) in [6.07, 6.45) is 0. The van der Waals surface area contributed by atoms with Crippen LogP contribution in [0.2, 0.25) is 0 Å². The van der Waals surface area contributed by atoms with Gasteiger partial charge in [0.15, 0.2) is 5.82 Å². The molecule has 1 atom stereocenters. The zero-order chi connectivity index (χ0) is 31.6. The highest BCUT2D eigenvalue weighted by Crippen LogP contribution is 2.51. The van der Waals surface area contributed by atoms with Gasteiger partial charge in [0.25, 0.3) is 0 Å². The molecule has 1 aliphatic rings. The van der Waals surface area contributed by atoms with Crippen LogP contribution >= 0.6 is 0 Å². The van der Waals surface area contributed by atoms with Crippen LogP contribution in [0.5, 0.6) is 0 Å². The van der Waals surface area contributed by atoms with Crippen LogP contribution in [0.3, 0.4) is 0 Å². The van der Waals surface area contributed by atoms with Crippen LogP contribution in [0.15, 0.2) is 170 Å². The molecule has 0 spiro atoms. The van der Waals surface area contributed by atoms with E-state index in [9.17, 15) is 0 Å². The van der Waals surface area contributed by atoms with Gasteiger partial charge < -0.3 is 4.57 Å². The van der Waals surface area contributed by atoms with E-state index in [2.05, 4.69) is 162 Å². The maximum Gasteiger partial charge on any atom is 0.160 e. The van der Waals surface area contributed by atoms with Crippen molar-refractivity contribution in [2.75, 3.05) is 0 Å². The number of nitrogens with zero attached hydrogens (tertiary/aromatic N) is 3. The second kappa shape index (κ2) is 10.6. The van der Waals surface area contributed by atoms with Crippen molar-refractivity contribution in [1.29, 1.82) is 0 Å². The normalized spacial score (nSPS) is 13.6. The van der Waals surface area contributed by atoms with Crippen molar-refractivity contribution in [3.05, 3.63) is 187 Å². The van der Waals surface area contributed by atoms with Gasteiger partial charge in [0.1, 0.15) is 0 Å². The number of aromatic nitrogens is 3. The molecule has 48 heavy (non-hydrogen) atoms. The molecule has 0 N–H and O–H groups in total. The lowest BCUT2D eigenvalue weighted by atomic mass is 9.91. The summed E-state index contributed by atoms with van der Waals surface area (Å²) in [5.74, 6) is 0.704. The minimum Gasteiger partial charge on any atom is -0.309 e. The van der Waals surface area contributed by atoms with Crippen molar-refractivity contribution in [3.63, 3.8) is 0 Å². The topological polar surface area (TPSA) is 30.7 Å². The molecule has 1 aliphatic carbocycles. The van der Waals surface area contributed by atoms with E-state index in [0.717, 1.165) is 34.0 Å². The fourth-order valence-electron chi connectivity index (χ4n) is 7.72. The highest BCUT2D eigenvalue weighted by atomic mass is 15.0. The summed E-state index contributed by atoms with van der Waals surface area (Å²) in [5, 5.41) is 4.99. The van der Waals surface area contributed by atoms with Gasteiger partial charge in [0, 0.05) is 33.0 Å². The molecular formula is C45H29N3. The Morgan fingerprint density at radius 3 is 1.96 bits per heavy atom. The van der Waals surface area contributed by atoms with Crippen LogP contribution in [0.25, 0.3) is 72.0 Å².